The number of hydrogen-bond donors (Lipinski definition) is 0. The van der Waals surface area contributed by atoms with Crippen molar-refractivity contribution in [2.45, 2.75) is 51.2 Å². The smallest absolute Gasteiger partial charge is 0.156 e. The molecular weight excluding hydrogens is 382 g/mol. The molecule has 0 aliphatic carbocycles. The number of hydrogen-bond acceptors (Lipinski definition) is 2. The van der Waals surface area contributed by atoms with E-state index in [1.165, 1.54) is 44.7 Å². The fourth-order valence-corrected chi connectivity index (χ4v) is 3.13. The van der Waals surface area contributed by atoms with Crippen LogP contribution in [0.2, 0.25) is 0 Å². The number of halogens is 1. The lowest BCUT2D eigenvalue weighted by Gasteiger charge is -2.12. The largest absolute Gasteiger partial charge is 1.00 e. The molecule has 0 aromatic rings. The molecule has 0 amide bonds. The minimum Gasteiger partial charge on any atom is -1.00 e. The first-order valence-corrected chi connectivity index (χ1v) is 10.8. The molecule has 0 aliphatic heterocycles. The standard InChI is InChI=1S/C16H34O2P.HI/c1-17-16(18-2)14-12-10-8-6-7-9-11-13-15-19(3,4)5;/h7,9,16H,6,8,10-15H2,1-5H3;1H/q+1;/p-1/b9-7+;. The van der Waals surface area contributed by atoms with Crippen LogP contribution in [0.5, 0.6) is 0 Å². The highest BCUT2D eigenvalue weighted by molar-refractivity contribution is 7.73. The van der Waals surface area contributed by atoms with Crippen LogP contribution < -0.4 is 24.0 Å². The van der Waals surface area contributed by atoms with Gasteiger partial charge >= 0.3 is 0 Å². The summed E-state index contributed by atoms with van der Waals surface area (Å²) in [5.74, 6) is 0. The van der Waals surface area contributed by atoms with Gasteiger partial charge in [0, 0.05) is 41.5 Å². The number of methoxy groups -OCH3 is 2. The molecule has 0 aromatic carbocycles. The van der Waals surface area contributed by atoms with Gasteiger partial charge in [0.15, 0.2) is 6.29 Å². The molecule has 0 radical (unpaired) electrons. The molecule has 2 nitrogen and oxygen atoms in total. The summed E-state index contributed by atoms with van der Waals surface area (Å²) in [6.07, 6.45) is 14.7. The summed E-state index contributed by atoms with van der Waals surface area (Å²) in [6.45, 7) is 7.26. The van der Waals surface area contributed by atoms with Crippen LogP contribution in [0, 0.1) is 0 Å². The summed E-state index contributed by atoms with van der Waals surface area (Å²) in [5, 5.41) is 0. The van der Waals surface area contributed by atoms with Crippen LogP contribution in [0.1, 0.15) is 44.9 Å². The van der Waals surface area contributed by atoms with Crippen molar-refractivity contribution in [1.29, 1.82) is 0 Å². The van der Waals surface area contributed by atoms with Gasteiger partial charge in [-0.15, -0.1) is 0 Å². The third kappa shape index (κ3) is 16.9. The van der Waals surface area contributed by atoms with E-state index < -0.39 is 7.26 Å². The van der Waals surface area contributed by atoms with E-state index in [-0.39, 0.29) is 30.3 Å². The Morgan fingerprint density at radius 1 is 0.850 bits per heavy atom. The van der Waals surface area contributed by atoms with Gasteiger partial charge in [-0.3, -0.25) is 0 Å². The molecule has 0 rings (SSSR count). The molecule has 0 saturated heterocycles. The molecule has 0 bridgehead atoms. The Bertz CT molecular complexity index is 223. The normalized spacial score (nSPS) is 12.1. The Labute approximate surface area is 144 Å². The maximum Gasteiger partial charge on any atom is 0.156 e. The second kappa shape index (κ2) is 14.7. The fourth-order valence-electron chi connectivity index (χ4n) is 2.00. The topological polar surface area (TPSA) is 18.5 Å². The average molecular weight is 416 g/mol. The van der Waals surface area contributed by atoms with E-state index in [0.29, 0.717) is 0 Å². The lowest BCUT2D eigenvalue weighted by molar-refractivity contribution is -0.107. The zero-order valence-electron chi connectivity index (χ0n) is 14.0. The molecule has 4 heteroatoms. The first kappa shape index (κ1) is 23.1. The van der Waals surface area contributed by atoms with Gasteiger partial charge in [-0.1, -0.05) is 18.6 Å². The molecule has 0 saturated carbocycles. The van der Waals surface area contributed by atoms with Crippen LogP contribution in [0.25, 0.3) is 0 Å². The Morgan fingerprint density at radius 3 is 1.90 bits per heavy atom. The molecule has 0 fully saturated rings. The summed E-state index contributed by atoms with van der Waals surface area (Å²) in [5.41, 5.74) is 0. The molecule has 0 N–H and O–H groups in total. The lowest BCUT2D eigenvalue weighted by Crippen LogP contribution is -3.00. The van der Waals surface area contributed by atoms with E-state index in [1.807, 2.05) is 0 Å². The van der Waals surface area contributed by atoms with Gasteiger partial charge in [-0.2, -0.15) is 0 Å². The maximum atomic E-state index is 5.17. The van der Waals surface area contributed by atoms with Crippen molar-refractivity contribution >= 4 is 7.26 Å². The van der Waals surface area contributed by atoms with Crippen molar-refractivity contribution < 1.29 is 33.5 Å². The van der Waals surface area contributed by atoms with Crippen LogP contribution in [-0.2, 0) is 9.47 Å². The number of rotatable bonds is 12. The van der Waals surface area contributed by atoms with Crippen molar-refractivity contribution in [3.63, 3.8) is 0 Å². The highest BCUT2D eigenvalue weighted by Crippen LogP contribution is 2.47. The molecule has 0 aromatic heterocycles. The molecule has 0 aliphatic rings. The summed E-state index contributed by atoms with van der Waals surface area (Å²) >= 11 is 0. The van der Waals surface area contributed by atoms with Gasteiger partial charge in [0.1, 0.15) is 0 Å². The Kier molecular flexibility index (Phi) is 17.0. The SMILES string of the molecule is COC(CCCCC/C=C/CCC[P+](C)(C)C)OC.[I-]. The maximum absolute atomic E-state index is 5.17. The molecule has 0 atom stereocenters. The van der Waals surface area contributed by atoms with Gasteiger partial charge in [0.05, 0.1) is 6.16 Å². The van der Waals surface area contributed by atoms with Crippen molar-refractivity contribution in [3.05, 3.63) is 12.2 Å². The van der Waals surface area contributed by atoms with E-state index in [4.69, 9.17) is 9.47 Å². The Balaban J connectivity index is 0. The molecule has 0 unspecified atom stereocenters. The number of allylic oxidation sites excluding steroid dienone is 2. The van der Waals surface area contributed by atoms with Gasteiger partial charge < -0.3 is 33.5 Å². The minimum atomic E-state index is -0.559. The van der Waals surface area contributed by atoms with E-state index >= 15 is 0 Å². The van der Waals surface area contributed by atoms with Gasteiger partial charge in [0.25, 0.3) is 0 Å². The first-order valence-electron chi connectivity index (χ1n) is 7.50. The van der Waals surface area contributed by atoms with E-state index in [9.17, 15) is 0 Å². The van der Waals surface area contributed by atoms with E-state index in [1.54, 1.807) is 14.2 Å². The van der Waals surface area contributed by atoms with Crippen molar-refractivity contribution in [3.8, 4) is 0 Å². The summed E-state index contributed by atoms with van der Waals surface area (Å²) < 4.78 is 10.3. The lowest BCUT2D eigenvalue weighted by atomic mass is 10.1. The second-order valence-corrected chi connectivity index (χ2v) is 11.2. The van der Waals surface area contributed by atoms with Crippen LogP contribution >= 0.6 is 7.26 Å². The Morgan fingerprint density at radius 2 is 1.40 bits per heavy atom. The first-order chi connectivity index (χ1) is 8.99. The molecule has 0 heterocycles. The van der Waals surface area contributed by atoms with E-state index in [0.717, 1.165) is 6.42 Å². The third-order valence-electron chi connectivity index (χ3n) is 3.20. The summed E-state index contributed by atoms with van der Waals surface area (Å²) in [4.78, 5) is 0. The van der Waals surface area contributed by atoms with Crippen LogP contribution in [0.3, 0.4) is 0 Å². The summed E-state index contributed by atoms with van der Waals surface area (Å²) in [7, 11) is 2.85. The predicted molar refractivity (Wildman–Crippen MR) is 88.8 cm³/mol. The van der Waals surface area contributed by atoms with Gasteiger partial charge in [0.2, 0.25) is 0 Å². The van der Waals surface area contributed by atoms with Crippen LogP contribution in [-0.4, -0.2) is 46.7 Å². The number of ether oxygens (including phenoxy) is 2. The van der Waals surface area contributed by atoms with Crippen LogP contribution in [0.15, 0.2) is 12.2 Å². The molecule has 20 heavy (non-hydrogen) atoms. The van der Waals surface area contributed by atoms with Crippen molar-refractivity contribution in [1.82, 2.24) is 0 Å². The van der Waals surface area contributed by atoms with E-state index in [2.05, 4.69) is 32.1 Å². The minimum absolute atomic E-state index is 0. The zero-order chi connectivity index (χ0) is 14.6. The molecule has 122 valence electrons. The summed E-state index contributed by atoms with van der Waals surface area (Å²) in [6, 6.07) is 0. The molecule has 0 spiro atoms. The third-order valence-corrected chi connectivity index (χ3v) is 4.86. The van der Waals surface area contributed by atoms with Crippen molar-refractivity contribution in [2.75, 3.05) is 40.4 Å². The van der Waals surface area contributed by atoms with Crippen LogP contribution in [0.4, 0.5) is 0 Å². The Hall–Kier alpha value is 0.820. The van der Waals surface area contributed by atoms with Gasteiger partial charge in [-0.25, -0.2) is 0 Å². The zero-order valence-corrected chi connectivity index (χ0v) is 17.1. The fraction of sp³-hybridized carbons (Fsp3) is 0.875. The van der Waals surface area contributed by atoms with Gasteiger partial charge in [-0.05, 0) is 38.5 Å². The predicted octanol–water partition coefficient (Wildman–Crippen LogP) is 1.80. The number of unbranched alkanes of at least 4 members (excludes halogenated alkanes) is 4. The highest BCUT2D eigenvalue weighted by Gasteiger charge is 2.14. The quantitative estimate of drug-likeness (QED) is 0.159. The monoisotopic (exact) mass is 416 g/mol. The highest BCUT2D eigenvalue weighted by atomic mass is 127. The molecular formula is C16H34IO2P. The second-order valence-electron chi connectivity index (χ2n) is 6.17. The van der Waals surface area contributed by atoms with Crippen molar-refractivity contribution in [2.24, 2.45) is 0 Å². The average Bonchev–Trinajstić information content (AvgIpc) is 2.35.